The standard InChI is InChI=1S/C15H20N4O2/c1-21-11-2-3-13-12(8-11)14(19-18-13)15(20)17-9-10-4-6-16-7-5-10/h2-3,8,10,16H,4-7,9H2,1H3,(H,17,20)(H,18,19). The van der Waals surface area contributed by atoms with E-state index in [9.17, 15) is 4.79 Å². The molecule has 0 saturated carbocycles. The van der Waals surface area contributed by atoms with E-state index < -0.39 is 0 Å². The summed E-state index contributed by atoms with van der Waals surface area (Å²) in [6, 6.07) is 5.54. The quantitative estimate of drug-likeness (QED) is 0.792. The number of nitrogens with one attached hydrogen (secondary N) is 3. The third-order valence-corrected chi connectivity index (χ3v) is 4.00. The first kappa shape index (κ1) is 13.9. The highest BCUT2D eigenvalue weighted by atomic mass is 16.5. The number of aromatic amines is 1. The van der Waals surface area contributed by atoms with Crippen LogP contribution in [-0.2, 0) is 0 Å². The van der Waals surface area contributed by atoms with E-state index >= 15 is 0 Å². The Hall–Kier alpha value is -2.08. The number of H-pyrrole nitrogens is 1. The number of piperidine rings is 1. The molecule has 1 fully saturated rings. The molecular weight excluding hydrogens is 268 g/mol. The van der Waals surface area contributed by atoms with Crippen molar-refractivity contribution in [1.29, 1.82) is 0 Å². The van der Waals surface area contributed by atoms with E-state index in [0.29, 0.717) is 18.2 Å². The zero-order valence-electron chi connectivity index (χ0n) is 12.1. The maximum atomic E-state index is 12.3. The average Bonchev–Trinajstić information content (AvgIpc) is 2.96. The Bertz CT molecular complexity index is 632. The van der Waals surface area contributed by atoms with Gasteiger partial charge in [0.05, 0.1) is 12.6 Å². The molecule has 6 heteroatoms. The molecule has 6 nitrogen and oxygen atoms in total. The first-order chi connectivity index (χ1) is 10.3. The van der Waals surface area contributed by atoms with E-state index in [1.165, 1.54) is 0 Å². The second-order valence-electron chi connectivity index (χ2n) is 5.39. The van der Waals surface area contributed by atoms with Crippen molar-refractivity contribution in [3.8, 4) is 5.75 Å². The molecule has 0 bridgehead atoms. The summed E-state index contributed by atoms with van der Waals surface area (Å²) in [5.74, 6) is 1.14. The molecule has 21 heavy (non-hydrogen) atoms. The van der Waals surface area contributed by atoms with Crippen LogP contribution >= 0.6 is 0 Å². The number of fused-ring (bicyclic) bond motifs is 1. The predicted octanol–water partition coefficient (Wildman–Crippen LogP) is 1.30. The topological polar surface area (TPSA) is 79.0 Å². The highest BCUT2D eigenvalue weighted by Gasteiger charge is 2.18. The van der Waals surface area contributed by atoms with Crippen LogP contribution in [0.4, 0.5) is 0 Å². The lowest BCUT2D eigenvalue weighted by atomic mass is 9.98. The van der Waals surface area contributed by atoms with Crippen molar-refractivity contribution in [2.24, 2.45) is 5.92 Å². The smallest absolute Gasteiger partial charge is 0.272 e. The minimum Gasteiger partial charge on any atom is -0.497 e. The van der Waals surface area contributed by atoms with E-state index in [-0.39, 0.29) is 5.91 Å². The fourth-order valence-corrected chi connectivity index (χ4v) is 2.70. The zero-order chi connectivity index (χ0) is 14.7. The van der Waals surface area contributed by atoms with E-state index in [1.807, 2.05) is 18.2 Å². The molecule has 112 valence electrons. The Morgan fingerprint density at radius 2 is 2.24 bits per heavy atom. The third-order valence-electron chi connectivity index (χ3n) is 4.00. The van der Waals surface area contributed by atoms with Crippen LogP contribution in [0, 0.1) is 5.92 Å². The summed E-state index contributed by atoms with van der Waals surface area (Å²) in [4.78, 5) is 12.3. The summed E-state index contributed by atoms with van der Waals surface area (Å²) in [5, 5.41) is 14.1. The Labute approximate surface area is 123 Å². The molecule has 1 amide bonds. The van der Waals surface area contributed by atoms with Crippen molar-refractivity contribution in [3.63, 3.8) is 0 Å². The number of methoxy groups -OCH3 is 1. The van der Waals surface area contributed by atoms with Crippen LogP contribution in [0.15, 0.2) is 18.2 Å². The van der Waals surface area contributed by atoms with Crippen LogP contribution in [-0.4, -0.2) is 42.8 Å². The Balaban J connectivity index is 1.71. The Morgan fingerprint density at radius 1 is 1.43 bits per heavy atom. The van der Waals surface area contributed by atoms with Gasteiger partial charge in [-0.05, 0) is 50.0 Å². The number of hydrogen-bond donors (Lipinski definition) is 3. The van der Waals surface area contributed by atoms with Gasteiger partial charge in [-0.25, -0.2) is 0 Å². The first-order valence-corrected chi connectivity index (χ1v) is 7.29. The van der Waals surface area contributed by atoms with E-state index in [2.05, 4.69) is 20.8 Å². The van der Waals surface area contributed by atoms with Gasteiger partial charge in [0, 0.05) is 11.9 Å². The number of ether oxygens (including phenoxy) is 1. The summed E-state index contributed by atoms with van der Waals surface area (Å²) in [6.07, 6.45) is 2.21. The molecule has 1 aliphatic heterocycles. The normalized spacial score (nSPS) is 16.0. The van der Waals surface area contributed by atoms with Crippen LogP contribution in [0.25, 0.3) is 10.9 Å². The van der Waals surface area contributed by atoms with Crippen LogP contribution in [0.2, 0.25) is 0 Å². The fourth-order valence-electron chi connectivity index (χ4n) is 2.70. The lowest BCUT2D eigenvalue weighted by molar-refractivity contribution is 0.0941. The van der Waals surface area contributed by atoms with Gasteiger partial charge in [-0.3, -0.25) is 9.89 Å². The molecule has 1 aliphatic rings. The molecule has 1 aromatic carbocycles. The molecule has 1 saturated heterocycles. The average molecular weight is 288 g/mol. The van der Waals surface area contributed by atoms with Gasteiger partial charge < -0.3 is 15.4 Å². The van der Waals surface area contributed by atoms with Crippen molar-refractivity contribution >= 4 is 16.8 Å². The second-order valence-corrected chi connectivity index (χ2v) is 5.39. The first-order valence-electron chi connectivity index (χ1n) is 7.29. The van der Waals surface area contributed by atoms with Gasteiger partial charge in [-0.1, -0.05) is 0 Å². The molecule has 0 unspecified atom stereocenters. The number of rotatable bonds is 4. The van der Waals surface area contributed by atoms with E-state index in [1.54, 1.807) is 7.11 Å². The van der Waals surface area contributed by atoms with E-state index in [0.717, 1.165) is 42.6 Å². The Kier molecular flexibility index (Phi) is 4.06. The molecule has 0 atom stereocenters. The summed E-state index contributed by atoms with van der Waals surface area (Å²) >= 11 is 0. The molecular formula is C15H20N4O2. The zero-order valence-corrected chi connectivity index (χ0v) is 12.1. The third kappa shape index (κ3) is 3.00. The number of nitrogens with zero attached hydrogens (tertiary/aromatic N) is 1. The van der Waals surface area contributed by atoms with Crippen molar-refractivity contribution in [2.75, 3.05) is 26.7 Å². The predicted molar refractivity (Wildman–Crippen MR) is 80.6 cm³/mol. The fraction of sp³-hybridized carbons (Fsp3) is 0.467. The van der Waals surface area contributed by atoms with Crippen LogP contribution in [0.5, 0.6) is 5.75 Å². The molecule has 0 radical (unpaired) electrons. The minimum absolute atomic E-state index is 0.131. The highest BCUT2D eigenvalue weighted by molar-refractivity contribution is 6.04. The maximum Gasteiger partial charge on any atom is 0.272 e. The second kappa shape index (κ2) is 6.13. The van der Waals surface area contributed by atoms with Gasteiger partial charge in [-0.2, -0.15) is 5.10 Å². The monoisotopic (exact) mass is 288 g/mol. The Morgan fingerprint density at radius 3 is 3.00 bits per heavy atom. The van der Waals surface area contributed by atoms with Gasteiger partial charge in [0.25, 0.3) is 5.91 Å². The van der Waals surface area contributed by atoms with Crippen molar-refractivity contribution in [2.45, 2.75) is 12.8 Å². The van der Waals surface area contributed by atoms with Crippen molar-refractivity contribution in [3.05, 3.63) is 23.9 Å². The molecule has 0 spiro atoms. The van der Waals surface area contributed by atoms with Crippen LogP contribution in [0.3, 0.4) is 0 Å². The lowest BCUT2D eigenvalue weighted by Crippen LogP contribution is -2.36. The van der Waals surface area contributed by atoms with Gasteiger partial charge in [0.1, 0.15) is 5.75 Å². The van der Waals surface area contributed by atoms with Gasteiger partial charge >= 0.3 is 0 Å². The molecule has 3 rings (SSSR count). The molecule has 1 aromatic heterocycles. The number of carbonyl (C=O) groups is 1. The molecule has 0 aliphatic carbocycles. The summed E-state index contributed by atoms with van der Waals surface area (Å²) in [7, 11) is 1.61. The number of amides is 1. The summed E-state index contributed by atoms with van der Waals surface area (Å²) in [6.45, 7) is 2.77. The van der Waals surface area contributed by atoms with Crippen molar-refractivity contribution < 1.29 is 9.53 Å². The number of benzene rings is 1. The van der Waals surface area contributed by atoms with Crippen molar-refractivity contribution in [1.82, 2.24) is 20.8 Å². The largest absolute Gasteiger partial charge is 0.497 e. The summed E-state index contributed by atoms with van der Waals surface area (Å²) in [5.41, 5.74) is 1.26. The lowest BCUT2D eigenvalue weighted by Gasteiger charge is -2.22. The van der Waals surface area contributed by atoms with E-state index in [4.69, 9.17) is 4.74 Å². The molecule has 2 aromatic rings. The highest BCUT2D eigenvalue weighted by Crippen LogP contribution is 2.22. The van der Waals surface area contributed by atoms with Crippen LogP contribution in [0.1, 0.15) is 23.3 Å². The van der Waals surface area contributed by atoms with Gasteiger partial charge in [-0.15, -0.1) is 0 Å². The maximum absolute atomic E-state index is 12.3. The minimum atomic E-state index is -0.131. The van der Waals surface area contributed by atoms with Gasteiger partial charge in [0.2, 0.25) is 0 Å². The number of carbonyl (C=O) groups excluding carboxylic acids is 1. The SMILES string of the molecule is COc1ccc2[nH]nc(C(=O)NCC3CCNCC3)c2c1. The van der Waals surface area contributed by atoms with Gasteiger partial charge in [0.15, 0.2) is 5.69 Å². The molecule has 2 heterocycles. The summed E-state index contributed by atoms with van der Waals surface area (Å²) < 4.78 is 5.20. The number of aromatic nitrogens is 2. The molecule has 3 N–H and O–H groups in total. The van der Waals surface area contributed by atoms with Crippen LogP contribution < -0.4 is 15.4 Å². The number of hydrogen-bond acceptors (Lipinski definition) is 4.